The summed E-state index contributed by atoms with van der Waals surface area (Å²) in [7, 11) is 0. The van der Waals surface area contributed by atoms with Gasteiger partial charge in [0.1, 0.15) is 0 Å². The fourth-order valence-corrected chi connectivity index (χ4v) is 7.30. The van der Waals surface area contributed by atoms with Gasteiger partial charge in [0.05, 0.1) is 0 Å². The van der Waals surface area contributed by atoms with Gasteiger partial charge in [-0.05, 0) is 0 Å². The van der Waals surface area contributed by atoms with Gasteiger partial charge in [-0.3, -0.25) is 0 Å². The average molecular weight is 303 g/mol. The van der Waals surface area contributed by atoms with Gasteiger partial charge >= 0.3 is 96.2 Å². The van der Waals surface area contributed by atoms with Crippen molar-refractivity contribution < 1.29 is 0 Å². The van der Waals surface area contributed by atoms with E-state index in [0.29, 0.717) is 0 Å². The molecule has 0 heterocycles. The summed E-state index contributed by atoms with van der Waals surface area (Å²) in [6.45, 7) is 6.71. The Kier molecular flexibility index (Phi) is 4.60. The van der Waals surface area contributed by atoms with E-state index in [9.17, 15) is 0 Å². The second-order valence-corrected chi connectivity index (χ2v) is 12.6. The zero-order chi connectivity index (χ0) is 9.84. The molecule has 13 heavy (non-hydrogen) atoms. The first kappa shape index (κ1) is 11.4. The quantitative estimate of drug-likeness (QED) is 0.595. The van der Waals surface area contributed by atoms with E-state index in [0.717, 1.165) is 3.93 Å². The number of hydrogen-bond acceptors (Lipinski definition) is 0. The van der Waals surface area contributed by atoms with E-state index in [-0.39, 0.29) is 5.38 Å². The molecule has 0 aliphatic carbocycles. The molecule has 0 aromatic heterocycles. The van der Waals surface area contributed by atoms with E-state index in [4.69, 9.17) is 11.6 Å². The minimum atomic E-state index is -0.773. The summed E-state index contributed by atoms with van der Waals surface area (Å²) >= 11 is 5.35. The average Bonchev–Trinajstić information content (AvgIpc) is 2.03. The predicted octanol–water partition coefficient (Wildman–Crippen LogP) is 2.61. The molecular formula is C11H17ClSn. The van der Waals surface area contributed by atoms with Gasteiger partial charge in [-0.2, -0.15) is 0 Å². The Labute approximate surface area is 95.9 Å². The van der Waals surface area contributed by atoms with Gasteiger partial charge in [-0.15, -0.1) is 0 Å². The summed E-state index contributed by atoms with van der Waals surface area (Å²) in [6.07, 6.45) is 0. The summed E-state index contributed by atoms with van der Waals surface area (Å²) < 4.78 is 2.50. The van der Waals surface area contributed by atoms with Gasteiger partial charge in [0.25, 0.3) is 0 Å². The molecule has 1 atom stereocenters. The van der Waals surface area contributed by atoms with E-state index in [1.807, 2.05) is 0 Å². The second-order valence-electron chi connectivity index (χ2n) is 3.91. The molecule has 0 amide bonds. The fourth-order valence-electron chi connectivity index (χ4n) is 1.55. The molecule has 0 aliphatic rings. The molecule has 0 bridgehead atoms. The summed E-state index contributed by atoms with van der Waals surface area (Å²) in [5, 5.41) is 0.173. The van der Waals surface area contributed by atoms with Crippen LogP contribution >= 0.6 is 11.6 Å². The molecule has 1 unspecified atom stereocenters. The standard InChI is InChI=1S/C8H8Cl.C3H7.Sn.2H/c1-7(9)8-5-3-2-4-6-8;1-3-2;;;/h2-5,7H,1H3;3H,1-2H3;;;. The van der Waals surface area contributed by atoms with Crippen molar-refractivity contribution in [3.63, 3.8) is 0 Å². The molecule has 0 nitrogen and oxygen atoms in total. The van der Waals surface area contributed by atoms with E-state index >= 15 is 0 Å². The van der Waals surface area contributed by atoms with Gasteiger partial charge in [0.15, 0.2) is 0 Å². The van der Waals surface area contributed by atoms with Crippen molar-refractivity contribution in [3.8, 4) is 0 Å². The third-order valence-corrected chi connectivity index (χ3v) is 7.77. The maximum absolute atomic E-state index is 6.13. The van der Waals surface area contributed by atoms with E-state index in [2.05, 4.69) is 45.0 Å². The Morgan fingerprint density at radius 1 is 1.15 bits per heavy atom. The van der Waals surface area contributed by atoms with Crippen LogP contribution in [0.3, 0.4) is 0 Å². The van der Waals surface area contributed by atoms with Crippen molar-refractivity contribution in [1.82, 2.24) is 0 Å². The third-order valence-electron chi connectivity index (χ3n) is 2.11. The Morgan fingerprint density at radius 3 is 2.31 bits per heavy atom. The van der Waals surface area contributed by atoms with Crippen molar-refractivity contribution in [2.75, 3.05) is 0 Å². The summed E-state index contributed by atoms with van der Waals surface area (Å²) in [4.78, 5) is 0. The molecule has 0 saturated heterocycles. The second kappa shape index (κ2) is 5.25. The number of hydrogen-bond donors (Lipinski definition) is 0. The van der Waals surface area contributed by atoms with Crippen molar-refractivity contribution in [1.29, 1.82) is 0 Å². The number of rotatable bonds is 3. The minimum absolute atomic E-state index is 0.173. The SMILES string of the molecule is C[CH](C)[SnH2][c]1ccccc1C(C)Cl. The van der Waals surface area contributed by atoms with Gasteiger partial charge in [-0.1, -0.05) is 0 Å². The van der Waals surface area contributed by atoms with E-state index in [1.54, 1.807) is 3.58 Å². The molecule has 0 fully saturated rings. The summed E-state index contributed by atoms with van der Waals surface area (Å²) in [5.41, 5.74) is 1.37. The first-order chi connectivity index (χ1) is 6.11. The van der Waals surface area contributed by atoms with Crippen LogP contribution in [0, 0.1) is 0 Å². The molecule has 2 heteroatoms. The fraction of sp³-hybridized carbons (Fsp3) is 0.455. The van der Waals surface area contributed by atoms with Crippen molar-refractivity contribution in [2.45, 2.75) is 30.1 Å². The zero-order valence-electron chi connectivity index (χ0n) is 8.55. The first-order valence-electron chi connectivity index (χ1n) is 4.83. The molecule has 0 saturated carbocycles. The Hall–Kier alpha value is 0.309. The van der Waals surface area contributed by atoms with Gasteiger partial charge < -0.3 is 0 Å². The molecule has 1 aromatic carbocycles. The van der Waals surface area contributed by atoms with Crippen LogP contribution < -0.4 is 3.58 Å². The van der Waals surface area contributed by atoms with Crippen LogP contribution in [0.4, 0.5) is 0 Å². The van der Waals surface area contributed by atoms with Gasteiger partial charge in [-0.25, -0.2) is 0 Å². The van der Waals surface area contributed by atoms with Gasteiger partial charge in [0.2, 0.25) is 0 Å². The molecule has 0 N–H and O–H groups in total. The maximum atomic E-state index is 6.13. The van der Waals surface area contributed by atoms with Crippen LogP contribution in [0.15, 0.2) is 24.3 Å². The van der Waals surface area contributed by atoms with Crippen molar-refractivity contribution in [2.24, 2.45) is 0 Å². The van der Waals surface area contributed by atoms with Crippen molar-refractivity contribution >= 4 is 36.3 Å². The molecule has 0 spiro atoms. The molecule has 1 rings (SSSR count). The van der Waals surface area contributed by atoms with Crippen LogP contribution in [0.2, 0.25) is 3.93 Å². The third kappa shape index (κ3) is 3.51. The summed E-state index contributed by atoms with van der Waals surface area (Å²) in [5.74, 6) is 0. The van der Waals surface area contributed by atoms with Crippen LogP contribution in [0.5, 0.6) is 0 Å². The van der Waals surface area contributed by atoms with Crippen LogP contribution in [0.1, 0.15) is 31.7 Å². The number of benzene rings is 1. The van der Waals surface area contributed by atoms with Crippen molar-refractivity contribution in [3.05, 3.63) is 29.8 Å². The molecular weight excluding hydrogens is 286 g/mol. The normalized spacial score (nSPS) is 14.2. The monoisotopic (exact) mass is 304 g/mol. The van der Waals surface area contributed by atoms with Crippen LogP contribution in [-0.2, 0) is 0 Å². The predicted molar refractivity (Wildman–Crippen MR) is 64.0 cm³/mol. The molecule has 0 radical (unpaired) electrons. The molecule has 0 aliphatic heterocycles. The molecule has 72 valence electrons. The Balaban J connectivity index is 2.91. The van der Waals surface area contributed by atoms with Crippen LogP contribution in [0.25, 0.3) is 0 Å². The van der Waals surface area contributed by atoms with E-state index in [1.165, 1.54) is 5.56 Å². The van der Waals surface area contributed by atoms with E-state index < -0.39 is 21.1 Å². The zero-order valence-corrected chi connectivity index (χ0v) is 13.3. The first-order valence-corrected chi connectivity index (χ1v) is 9.61. The van der Waals surface area contributed by atoms with Gasteiger partial charge in [0, 0.05) is 0 Å². The number of halogens is 1. The topological polar surface area (TPSA) is 0 Å². The van der Waals surface area contributed by atoms with Crippen LogP contribution in [-0.4, -0.2) is 21.1 Å². The number of alkyl halides is 1. The Morgan fingerprint density at radius 2 is 1.77 bits per heavy atom. The summed E-state index contributed by atoms with van der Waals surface area (Å²) in [6, 6.07) is 8.66. The Bertz CT molecular complexity index is 269. The molecule has 1 aromatic rings.